The van der Waals surface area contributed by atoms with Crippen LogP contribution in [0.1, 0.15) is 37.3 Å². The average molecular weight is 309 g/mol. The van der Waals surface area contributed by atoms with E-state index >= 15 is 0 Å². The van der Waals surface area contributed by atoms with Crippen molar-refractivity contribution in [2.24, 2.45) is 0 Å². The highest BCUT2D eigenvalue weighted by Gasteiger charge is 2.05. The van der Waals surface area contributed by atoms with E-state index in [4.69, 9.17) is 4.74 Å². The second kappa shape index (κ2) is 9.46. The van der Waals surface area contributed by atoms with Crippen LogP contribution in [0.15, 0.2) is 54.6 Å². The molecule has 0 saturated heterocycles. The first-order valence-electron chi connectivity index (χ1n) is 8.05. The van der Waals surface area contributed by atoms with Gasteiger partial charge in [0.25, 0.3) is 0 Å². The van der Waals surface area contributed by atoms with Crippen molar-refractivity contribution in [3.63, 3.8) is 0 Å². The van der Waals surface area contributed by atoms with Gasteiger partial charge in [-0.05, 0) is 23.6 Å². The van der Waals surface area contributed by atoms with Gasteiger partial charge in [-0.3, -0.25) is 5.32 Å². The number of carbonyl (C=O) groups excluding carboxylic acids is 1. The fraction of sp³-hybridized carbons (Fsp3) is 0.250. The zero-order valence-corrected chi connectivity index (χ0v) is 13.5. The molecule has 1 N–H and O–H groups in total. The average Bonchev–Trinajstić information content (AvgIpc) is 2.59. The van der Waals surface area contributed by atoms with E-state index in [0.29, 0.717) is 6.61 Å². The second-order valence-corrected chi connectivity index (χ2v) is 5.30. The fourth-order valence-electron chi connectivity index (χ4n) is 2.17. The van der Waals surface area contributed by atoms with Gasteiger partial charge in [0, 0.05) is 0 Å². The van der Waals surface area contributed by atoms with Crippen LogP contribution in [0.3, 0.4) is 0 Å². The largest absolute Gasteiger partial charge is 0.449 e. The van der Waals surface area contributed by atoms with E-state index in [-0.39, 0.29) is 0 Å². The number of hydrogen-bond acceptors (Lipinski definition) is 2. The molecule has 2 aromatic rings. The van der Waals surface area contributed by atoms with E-state index in [1.807, 2.05) is 66.7 Å². The minimum absolute atomic E-state index is 0.401. The van der Waals surface area contributed by atoms with E-state index in [1.165, 1.54) is 0 Å². The Hall–Kier alpha value is -2.55. The summed E-state index contributed by atoms with van der Waals surface area (Å²) in [7, 11) is 0. The number of ether oxygens (including phenoxy) is 1. The van der Waals surface area contributed by atoms with Crippen LogP contribution in [0.5, 0.6) is 0 Å². The molecule has 0 fully saturated rings. The molecule has 3 heteroatoms. The van der Waals surface area contributed by atoms with Crippen LogP contribution in [0.2, 0.25) is 0 Å². The summed E-state index contributed by atoms with van der Waals surface area (Å²) in [4.78, 5) is 11.8. The zero-order valence-electron chi connectivity index (χ0n) is 13.5. The summed E-state index contributed by atoms with van der Waals surface area (Å²) in [5, 5.41) is 2.81. The van der Waals surface area contributed by atoms with Gasteiger partial charge in [-0.15, -0.1) is 0 Å². The Kier molecular flexibility index (Phi) is 6.92. The third-order valence-corrected chi connectivity index (χ3v) is 3.43. The van der Waals surface area contributed by atoms with Crippen molar-refractivity contribution in [1.82, 2.24) is 0 Å². The van der Waals surface area contributed by atoms with Crippen molar-refractivity contribution < 1.29 is 9.53 Å². The molecule has 0 radical (unpaired) electrons. The number of unbranched alkanes of at least 4 members (excludes halogenated alkanes) is 2. The molecule has 0 aliphatic heterocycles. The minimum Gasteiger partial charge on any atom is -0.449 e. The van der Waals surface area contributed by atoms with Crippen LogP contribution in [0.4, 0.5) is 10.5 Å². The first-order chi connectivity index (χ1) is 11.3. The van der Waals surface area contributed by atoms with E-state index in [2.05, 4.69) is 12.2 Å². The quantitative estimate of drug-likeness (QED) is 0.534. The molecule has 0 aliphatic carbocycles. The molecular weight excluding hydrogens is 286 g/mol. The lowest BCUT2D eigenvalue weighted by Crippen LogP contribution is -2.15. The highest BCUT2D eigenvalue weighted by molar-refractivity contribution is 5.89. The molecule has 0 atom stereocenters. The Morgan fingerprint density at radius 2 is 1.74 bits per heavy atom. The minimum atomic E-state index is -0.401. The molecule has 120 valence electrons. The number of carbonyl (C=O) groups is 1. The first kappa shape index (κ1) is 16.8. The summed E-state index contributed by atoms with van der Waals surface area (Å²) in [6.45, 7) is 2.58. The second-order valence-electron chi connectivity index (χ2n) is 5.30. The predicted octanol–water partition coefficient (Wildman–Crippen LogP) is 5.60. The highest BCUT2D eigenvalue weighted by atomic mass is 16.5. The van der Waals surface area contributed by atoms with Gasteiger partial charge < -0.3 is 4.74 Å². The maximum absolute atomic E-state index is 11.8. The Balaban J connectivity index is 1.97. The van der Waals surface area contributed by atoms with Crippen LogP contribution < -0.4 is 5.32 Å². The topological polar surface area (TPSA) is 38.3 Å². The van der Waals surface area contributed by atoms with Crippen molar-refractivity contribution in [2.45, 2.75) is 26.2 Å². The monoisotopic (exact) mass is 309 g/mol. The van der Waals surface area contributed by atoms with E-state index in [0.717, 1.165) is 36.1 Å². The van der Waals surface area contributed by atoms with E-state index in [1.54, 1.807) is 0 Å². The molecule has 23 heavy (non-hydrogen) atoms. The van der Waals surface area contributed by atoms with Gasteiger partial charge in [0.15, 0.2) is 0 Å². The number of benzene rings is 2. The molecule has 0 aliphatic rings. The Labute approximate surface area is 138 Å². The van der Waals surface area contributed by atoms with E-state index in [9.17, 15) is 4.79 Å². The number of para-hydroxylation sites is 1. The van der Waals surface area contributed by atoms with Crippen molar-refractivity contribution >= 4 is 23.9 Å². The van der Waals surface area contributed by atoms with Gasteiger partial charge >= 0.3 is 6.09 Å². The molecule has 0 bridgehead atoms. The number of nitrogens with one attached hydrogen (secondary N) is 1. The molecule has 0 spiro atoms. The summed E-state index contributed by atoms with van der Waals surface area (Å²) in [6, 6.07) is 17.7. The molecule has 2 rings (SSSR count). The number of hydrogen-bond donors (Lipinski definition) is 1. The Morgan fingerprint density at radius 3 is 2.52 bits per heavy atom. The summed E-state index contributed by atoms with van der Waals surface area (Å²) < 4.78 is 5.19. The maximum atomic E-state index is 11.8. The standard InChI is InChI=1S/C20H23NO2/c1-2-3-9-16-23-20(22)21-19-13-8-7-12-18(19)15-14-17-10-5-4-6-11-17/h4-8,10-15H,2-3,9,16H2,1H3,(H,21,22)/b15-14+. The van der Waals surface area contributed by atoms with Gasteiger partial charge in [0.2, 0.25) is 0 Å². The SMILES string of the molecule is CCCCCOC(=O)Nc1ccccc1/C=C/c1ccccc1. The number of amides is 1. The van der Waals surface area contributed by atoms with Gasteiger partial charge in [-0.2, -0.15) is 0 Å². The molecule has 2 aromatic carbocycles. The molecule has 3 nitrogen and oxygen atoms in total. The van der Waals surface area contributed by atoms with Crippen molar-refractivity contribution in [3.8, 4) is 0 Å². The third-order valence-electron chi connectivity index (χ3n) is 3.43. The number of rotatable bonds is 7. The van der Waals surface area contributed by atoms with E-state index < -0.39 is 6.09 Å². The fourth-order valence-corrected chi connectivity index (χ4v) is 2.17. The number of anilines is 1. The van der Waals surface area contributed by atoms with Crippen molar-refractivity contribution in [3.05, 3.63) is 65.7 Å². The van der Waals surface area contributed by atoms with Gasteiger partial charge in [-0.25, -0.2) is 4.79 Å². The van der Waals surface area contributed by atoms with Crippen molar-refractivity contribution in [2.75, 3.05) is 11.9 Å². The Bertz CT molecular complexity index is 635. The molecule has 0 heterocycles. The normalized spacial score (nSPS) is 10.7. The summed E-state index contributed by atoms with van der Waals surface area (Å²) in [6.07, 6.45) is 6.69. The van der Waals surface area contributed by atoms with Crippen LogP contribution in [0.25, 0.3) is 12.2 Å². The van der Waals surface area contributed by atoms with Crippen LogP contribution in [-0.2, 0) is 4.74 Å². The highest BCUT2D eigenvalue weighted by Crippen LogP contribution is 2.18. The molecule has 0 aromatic heterocycles. The van der Waals surface area contributed by atoms with Gasteiger partial charge in [-0.1, -0.05) is 80.4 Å². The van der Waals surface area contributed by atoms with Gasteiger partial charge in [0.05, 0.1) is 12.3 Å². The van der Waals surface area contributed by atoms with Crippen molar-refractivity contribution in [1.29, 1.82) is 0 Å². The maximum Gasteiger partial charge on any atom is 0.411 e. The molecular formula is C20H23NO2. The van der Waals surface area contributed by atoms with Crippen LogP contribution in [0, 0.1) is 0 Å². The molecule has 0 saturated carbocycles. The van der Waals surface area contributed by atoms with Crippen LogP contribution in [-0.4, -0.2) is 12.7 Å². The smallest absolute Gasteiger partial charge is 0.411 e. The van der Waals surface area contributed by atoms with Crippen LogP contribution >= 0.6 is 0 Å². The zero-order chi connectivity index (χ0) is 16.3. The van der Waals surface area contributed by atoms with Gasteiger partial charge in [0.1, 0.15) is 0 Å². The molecule has 1 amide bonds. The lowest BCUT2D eigenvalue weighted by Gasteiger charge is -2.09. The Morgan fingerprint density at radius 1 is 1.00 bits per heavy atom. The first-order valence-corrected chi connectivity index (χ1v) is 8.05. The summed E-state index contributed by atoms with van der Waals surface area (Å²) in [5.41, 5.74) is 2.81. The lowest BCUT2D eigenvalue weighted by atomic mass is 10.1. The molecule has 0 unspecified atom stereocenters. The summed E-state index contributed by atoms with van der Waals surface area (Å²) in [5.74, 6) is 0. The lowest BCUT2D eigenvalue weighted by molar-refractivity contribution is 0.159. The summed E-state index contributed by atoms with van der Waals surface area (Å²) >= 11 is 0. The predicted molar refractivity (Wildman–Crippen MR) is 96.3 cm³/mol. The third kappa shape index (κ3) is 5.99.